The van der Waals surface area contributed by atoms with Crippen LogP contribution in [0.15, 0.2) is 24.3 Å². The smallest absolute Gasteiger partial charge is 0.309 e. The van der Waals surface area contributed by atoms with Crippen LogP contribution < -0.4 is 10.1 Å². The van der Waals surface area contributed by atoms with Gasteiger partial charge < -0.3 is 19.5 Å². The Balaban J connectivity index is 1.92. The lowest BCUT2D eigenvalue weighted by atomic mass is 9.92. The number of hydrogen-bond acceptors (Lipinski definition) is 7. The predicted octanol–water partition coefficient (Wildman–Crippen LogP) is 1.99. The lowest BCUT2D eigenvalue weighted by Crippen LogP contribution is -2.47. The van der Waals surface area contributed by atoms with Crippen LogP contribution in [0.4, 0.5) is 0 Å². The van der Waals surface area contributed by atoms with E-state index < -0.39 is 17.9 Å². The van der Waals surface area contributed by atoms with Crippen molar-refractivity contribution >= 4 is 17.7 Å². The lowest BCUT2D eigenvalue weighted by molar-refractivity contribution is -0.147. The van der Waals surface area contributed by atoms with Crippen molar-refractivity contribution in [2.75, 3.05) is 40.0 Å². The molecule has 0 aromatic heterocycles. The molecular weight excluding hydrogens is 412 g/mol. The first kappa shape index (κ1) is 25.8. The molecule has 32 heavy (non-hydrogen) atoms. The summed E-state index contributed by atoms with van der Waals surface area (Å²) in [6.45, 7) is 10.4. The Morgan fingerprint density at radius 1 is 1.12 bits per heavy atom. The number of amides is 1. The Morgan fingerprint density at radius 2 is 1.75 bits per heavy atom. The zero-order valence-electron chi connectivity index (χ0n) is 19.8. The monoisotopic (exact) mass is 448 g/mol. The fourth-order valence-corrected chi connectivity index (χ4v) is 3.49. The van der Waals surface area contributed by atoms with Crippen molar-refractivity contribution in [3.63, 3.8) is 0 Å². The number of morpholine rings is 1. The molecule has 0 saturated carbocycles. The highest BCUT2D eigenvalue weighted by Gasteiger charge is 2.27. The molecule has 8 nitrogen and oxygen atoms in total. The highest BCUT2D eigenvalue weighted by Crippen LogP contribution is 2.21. The summed E-state index contributed by atoms with van der Waals surface area (Å²) in [4.78, 5) is 39.3. The molecule has 8 heteroatoms. The van der Waals surface area contributed by atoms with Crippen LogP contribution >= 0.6 is 0 Å². The molecule has 1 N–H and O–H groups in total. The standard InChI is InChI=1S/C24H36N2O6/c1-17(25-22(28)16-26-10-12-31-13-11-26)21(27)15-19(23(29)30-5)14-18-6-8-20(9-7-18)32-24(2,3)4/h6-9,17,19H,10-16H2,1-5H3,(H,25,28)/t17-,19?/m0/s1. The summed E-state index contributed by atoms with van der Waals surface area (Å²) in [5, 5.41) is 2.74. The molecule has 2 rings (SSSR count). The molecule has 1 fully saturated rings. The van der Waals surface area contributed by atoms with E-state index in [9.17, 15) is 14.4 Å². The second-order valence-corrected chi connectivity index (χ2v) is 9.13. The van der Waals surface area contributed by atoms with Gasteiger partial charge in [-0.05, 0) is 51.8 Å². The number of carbonyl (C=O) groups excluding carboxylic acids is 3. The largest absolute Gasteiger partial charge is 0.488 e. The third-order valence-electron chi connectivity index (χ3n) is 5.14. The minimum atomic E-state index is -0.682. The van der Waals surface area contributed by atoms with Gasteiger partial charge >= 0.3 is 5.97 Å². The van der Waals surface area contributed by atoms with E-state index in [-0.39, 0.29) is 30.3 Å². The van der Waals surface area contributed by atoms with E-state index in [2.05, 4.69) is 5.32 Å². The van der Waals surface area contributed by atoms with Gasteiger partial charge in [0.05, 0.1) is 38.8 Å². The normalized spacial score (nSPS) is 16.7. The van der Waals surface area contributed by atoms with E-state index in [1.165, 1.54) is 7.11 Å². The van der Waals surface area contributed by atoms with Gasteiger partial charge in [-0.15, -0.1) is 0 Å². The number of methoxy groups -OCH3 is 1. The maximum atomic E-state index is 12.7. The fourth-order valence-electron chi connectivity index (χ4n) is 3.49. The SMILES string of the molecule is COC(=O)C(CC(=O)[C@H](C)NC(=O)CN1CCOCC1)Cc1ccc(OC(C)(C)C)cc1. The molecule has 1 unspecified atom stereocenters. The third-order valence-corrected chi connectivity index (χ3v) is 5.14. The van der Waals surface area contributed by atoms with Gasteiger partial charge in [0.2, 0.25) is 5.91 Å². The Kier molecular flexibility index (Phi) is 9.65. The van der Waals surface area contributed by atoms with E-state index in [1.54, 1.807) is 6.92 Å². The number of nitrogens with one attached hydrogen (secondary N) is 1. The first-order chi connectivity index (χ1) is 15.1. The summed E-state index contributed by atoms with van der Waals surface area (Å²) in [6.07, 6.45) is 0.356. The predicted molar refractivity (Wildman–Crippen MR) is 121 cm³/mol. The third kappa shape index (κ3) is 8.96. The molecule has 0 spiro atoms. The van der Waals surface area contributed by atoms with E-state index in [0.717, 1.165) is 11.3 Å². The van der Waals surface area contributed by atoms with Gasteiger partial charge in [-0.25, -0.2) is 0 Å². The molecule has 0 bridgehead atoms. The second-order valence-electron chi connectivity index (χ2n) is 9.13. The van der Waals surface area contributed by atoms with Gasteiger partial charge in [0.1, 0.15) is 11.4 Å². The molecule has 1 aliphatic heterocycles. The topological polar surface area (TPSA) is 94.2 Å². The number of carbonyl (C=O) groups is 3. The first-order valence-electron chi connectivity index (χ1n) is 11.1. The van der Waals surface area contributed by atoms with Gasteiger partial charge in [-0.1, -0.05) is 12.1 Å². The highest BCUT2D eigenvalue weighted by atomic mass is 16.5. The fraction of sp³-hybridized carbons (Fsp3) is 0.625. The summed E-state index contributed by atoms with van der Waals surface area (Å²) in [6, 6.07) is 6.79. The van der Waals surface area contributed by atoms with Crippen LogP contribution in [0.3, 0.4) is 0 Å². The number of esters is 1. The van der Waals surface area contributed by atoms with Gasteiger partial charge in [-0.3, -0.25) is 19.3 Å². The number of rotatable bonds is 10. The Hall–Kier alpha value is -2.45. The summed E-state index contributed by atoms with van der Waals surface area (Å²) < 4.78 is 16.0. The zero-order chi connectivity index (χ0) is 23.7. The van der Waals surface area contributed by atoms with Crippen molar-refractivity contribution in [3.8, 4) is 5.75 Å². The maximum absolute atomic E-state index is 12.7. The number of ketones is 1. The number of benzene rings is 1. The first-order valence-corrected chi connectivity index (χ1v) is 11.1. The van der Waals surface area contributed by atoms with Crippen molar-refractivity contribution in [1.82, 2.24) is 10.2 Å². The van der Waals surface area contributed by atoms with Crippen LogP contribution in [0.2, 0.25) is 0 Å². The highest BCUT2D eigenvalue weighted by molar-refractivity contribution is 5.91. The van der Waals surface area contributed by atoms with Crippen LogP contribution in [0.5, 0.6) is 5.75 Å². The molecule has 0 radical (unpaired) electrons. The van der Waals surface area contributed by atoms with Gasteiger partial charge in [0, 0.05) is 19.5 Å². The maximum Gasteiger partial charge on any atom is 0.309 e. The van der Waals surface area contributed by atoms with Crippen LogP contribution in [0.25, 0.3) is 0 Å². The number of ether oxygens (including phenoxy) is 3. The number of Topliss-reactive ketones (excluding diaryl/α,β-unsaturated/α-hetero) is 1. The average molecular weight is 449 g/mol. The van der Waals surface area contributed by atoms with E-state index in [0.29, 0.717) is 32.7 Å². The average Bonchev–Trinajstić information content (AvgIpc) is 2.73. The molecule has 0 aliphatic carbocycles. The van der Waals surface area contributed by atoms with Crippen molar-refractivity contribution in [2.45, 2.75) is 52.2 Å². The molecule has 1 amide bonds. The summed E-state index contributed by atoms with van der Waals surface area (Å²) in [7, 11) is 1.31. The van der Waals surface area contributed by atoms with Crippen molar-refractivity contribution < 1.29 is 28.6 Å². The Morgan fingerprint density at radius 3 is 2.31 bits per heavy atom. The number of nitrogens with zero attached hydrogens (tertiary/aromatic N) is 1. The molecular formula is C24H36N2O6. The van der Waals surface area contributed by atoms with Crippen LogP contribution in [0, 0.1) is 5.92 Å². The minimum absolute atomic E-state index is 0.00802. The molecule has 2 atom stereocenters. The van der Waals surface area contributed by atoms with E-state index in [4.69, 9.17) is 14.2 Å². The quantitative estimate of drug-likeness (QED) is 0.547. The van der Waals surface area contributed by atoms with Crippen molar-refractivity contribution in [1.29, 1.82) is 0 Å². The Bertz CT molecular complexity index is 766. The lowest BCUT2D eigenvalue weighted by Gasteiger charge is -2.26. The van der Waals surface area contributed by atoms with Crippen LogP contribution in [0.1, 0.15) is 39.7 Å². The minimum Gasteiger partial charge on any atom is -0.488 e. The summed E-state index contributed by atoms with van der Waals surface area (Å²) in [5.74, 6) is -0.746. The van der Waals surface area contributed by atoms with Gasteiger partial charge in [-0.2, -0.15) is 0 Å². The van der Waals surface area contributed by atoms with Crippen molar-refractivity contribution in [2.24, 2.45) is 5.92 Å². The van der Waals surface area contributed by atoms with Crippen LogP contribution in [-0.2, 0) is 30.3 Å². The molecule has 1 saturated heterocycles. The number of hydrogen-bond donors (Lipinski definition) is 1. The summed E-state index contributed by atoms with van der Waals surface area (Å²) >= 11 is 0. The summed E-state index contributed by atoms with van der Waals surface area (Å²) in [5.41, 5.74) is 0.601. The van der Waals surface area contributed by atoms with Gasteiger partial charge in [0.25, 0.3) is 0 Å². The van der Waals surface area contributed by atoms with Crippen LogP contribution in [-0.4, -0.2) is 74.2 Å². The Labute approximate surface area is 190 Å². The van der Waals surface area contributed by atoms with Crippen molar-refractivity contribution in [3.05, 3.63) is 29.8 Å². The molecule has 1 aliphatic rings. The van der Waals surface area contributed by atoms with Gasteiger partial charge in [0.15, 0.2) is 5.78 Å². The zero-order valence-corrected chi connectivity index (χ0v) is 19.8. The molecule has 1 aromatic rings. The van der Waals surface area contributed by atoms with E-state index >= 15 is 0 Å². The molecule has 1 aromatic carbocycles. The molecule has 178 valence electrons. The second kappa shape index (κ2) is 12.0. The molecule has 1 heterocycles. The van der Waals surface area contributed by atoms with E-state index in [1.807, 2.05) is 49.9 Å².